The van der Waals surface area contributed by atoms with Crippen LogP contribution >= 0.6 is 0 Å². The first-order valence-electron chi connectivity index (χ1n) is 11.1. The van der Waals surface area contributed by atoms with E-state index in [2.05, 4.69) is 0 Å². The molecule has 1 aliphatic rings. The maximum absolute atomic E-state index is 11.5. The minimum atomic E-state index is -0.799. The van der Waals surface area contributed by atoms with Gasteiger partial charge in [0.1, 0.15) is 18.5 Å². The molecular weight excluding hydrogens is 396 g/mol. The van der Waals surface area contributed by atoms with Crippen molar-refractivity contribution in [1.82, 2.24) is 0 Å². The molecule has 6 heteroatoms. The van der Waals surface area contributed by atoms with Crippen LogP contribution in [0.2, 0.25) is 0 Å². The molecule has 31 heavy (non-hydrogen) atoms. The first-order chi connectivity index (χ1) is 14.9. The molecule has 1 saturated carbocycles. The highest BCUT2D eigenvalue weighted by molar-refractivity contribution is 5.69. The summed E-state index contributed by atoms with van der Waals surface area (Å²) in [6, 6.07) is 9.27. The number of para-hydroxylation sites is 1. The van der Waals surface area contributed by atoms with Crippen molar-refractivity contribution in [3.8, 4) is 5.75 Å². The van der Waals surface area contributed by atoms with Crippen LogP contribution in [-0.2, 0) is 9.53 Å². The molecule has 0 radical (unpaired) electrons. The molecule has 0 saturated heterocycles. The Hall–Kier alpha value is -2.15. The number of ether oxygens (including phenoxy) is 2. The number of allylic oxidation sites excluding steroid dienone is 2. The third-order valence-corrected chi connectivity index (χ3v) is 5.33. The quantitative estimate of drug-likeness (QED) is 0.266. The molecule has 0 aromatic heterocycles. The van der Waals surface area contributed by atoms with Crippen molar-refractivity contribution >= 4 is 5.97 Å². The van der Waals surface area contributed by atoms with E-state index >= 15 is 0 Å². The van der Waals surface area contributed by atoms with E-state index < -0.39 is 18.3 Å². The van der Waals surface area contributed by atoms with Crippen molar-refractivity contribution in [2.45, 2.75) is 70.4 Å². The normalized spacial score (nSPS) is 24.8. The van der Waals surface area contributed by atoms with Crippen molar-refractivity contribution in [1.29, 1.82) is 0 Å². The van der Waals surface area contributed by atoms with Crippen LogP contribution in [0.5, 0.6) is 5.75 Å². The summed E-state index contributed by atoms with van der Waals surface area (Å²) >= 11 is 0. The average molecular weight is 433 g/mol. The van der Waals surface area contributed by atoms with E-state index in [4.69, 9.17) is 9.47 Å². The number of hydrogen-bond acceptors (Lipinski definition) is 6. The fraction of sp³-hybridized carbons (Fsp3) is 0.560. The standard InChI is InChI=1S/C25H36O6/c1-18(2)31-25(29)13-9-4-3-8-12-21-22(24(28)16-23(21)27)15-14-19(26)17-30-20-10-6-5-7-11-20/h3,5-8,10-11,14-15,18-19,21-24,26-28H,4,9,12-13,16-17H2,1-2H3/b8-3-,15-14+/t19?,21-,22-,23-,24-/m1/s1. The van der Waals surface area contributed by atoms with Crippen LogP contribution in [0.15, 0.2) is 54.6 Å². The number of carbonyl (C=O) groups is 1. The van der Waals surface area contributed by atoms with Crippen molar-refractivity contribution in [3.05, 3.63) is 54.6 Å². The third kappa shape index (κ3) is 9.25. The average Bonchev–Trinajstić information content (AvgIpc) is 3.00. The summed E-state index contributed by atoms with van der Waals surface area (Å²) in [5.74, 6) is 0.159. The summed E-state index contributed by atoms with van der Waals surface area (Å²) < 4.78 is 10.6. The zero-order valence-corrected chi connectivity index (χ0v) is 18.5. The lowest BCUT2D eigenvalue weighted by molar-refractivity contribution is -0.147. The summed E-state index contributed by atoms with van der Waals surface area (Å²) in [6.45, 7) is 3.79. The van der Waals surface area contributed by atoms with Crippen LogP contribution in [0.25, 0.3) is 0 Å². The number of carbonyl (C=O) groups excluding carboxylic acids is 1. The van der Waals surface area contributed by atoms with Crippen LogP contribution < -0.4 is 4.74 Å². The molecule has 0 heterocycles. The number of hydrogen-bond donors (Lipinski definition) is 3. The van der Waals surface area contributed by atoms with E-state index in [1.54, 1.807) is 12.2 Å². The van der Waals surface area contributed by atoms with Gasteiger partial charge in [0.05, 0.1) is 18.3 Å². The Morgan fingerprint density at radius 3 is 2.61 bits per heavy atom. The lowest BCUT2D eigenvalue weighted by Gasteiger charge is -2.19. The van der Waals surface area contributed by atoms with Gasteiger partial charge in [-0.05, 0) is 51.2 Å². The maximum Gasteiger partial charge on any atom is 0.306 e. The van der Waals surface area contributed by atoms with Crippen LogP contribution in [0.1, 0.15) is 46.0 Å². The Morgan fingerprint density at radius 2 is 1.90 bits per heavy atom. The van der Waals surface area contributed by atoms with Crippen molar-refractivity contribution in [2.24, 2.45) is 11.8 Å². The smallest absolute Gasteiger partial charge is 0.306 e. The van der Waals surface area contributed by atoms with Crippen molar-refractivity contribution in [3.63, 3.8) is 0 Å². The predicted octanol–water partition coefficient (Wildman–Crippen LogP) is 3.41. The topological polar surface area (TPSA) is 96.2 Å². The largest absolute Gasteiger partial charge is 0.491 e. The number of esters is 1. The Balaban J connectivity index is 1.77. The number of unbranched alkanes of at least 4 members (excludes halogenated alkanes) is 1. The first kappa shape index (κ1) is 25.1. The highest BCUT2D eigenvalue weighted by Crippen LogP contribution is 2.36. The van der Waals surface area contributed by atoms with E-state index in [0.29, 0.717) is 25.0 Å². The number of aliphatic hydroxyl groups excluding tert-OH is 3. The monoisotopic (exact) mass is 432 g/mol. The Kier molecular flexibility index (Phi) is 10.8. The second-order valence-electron chi connectivity index (χ2n) is 8.33. The van der Waals surface area contributed by atoms with Crippen LogP contribution in [0.4, 0.5) is 0 Å². The van der Waals surface area contributed by atoms with E-state index in [-0.39, 0.29) is 30.5 Å². The molecule has 1 aliphatic carbocycles. The summed E-state index contributed by atoms with van der Waals surface area (Å²) in [4.78, 5) is 11.5. The van der Waals surface area contributed by atoms with Gasteiger partial charge in [-0.15, -0.1) is 0 Å². The second-order valence-corrected chi connectivity index (χ2v) is 8.33. The molecule has 2 rings (SSSR count). The van der Waals surface area contributed by atoms with E-state index in [1.807, 2.05) is 56.3 Å². The fourth-order valence-corrected chi connectivity index (χ4v) is 3.77. The fourth-order valence-electron chi connectivity index (χ4n) is 3.77. The minimum absolute atomic E-state index is 0.0910. The predicted molar refractivity (Wildman–Crippen MR) is 120 cm³/mol. The lowest BCUT2D eigenvalue weighted by atomic mass is 9.89. The molecule has 0 aliphatic heterocycles. The van der Waals surface area contributed by atoms with Crippen molar-refractivity contribution < 1.29 is 29.6 Å². The Morgan fingerprint density at radius 1 is 1.16 bits per heavy atom. The highest BCUT2D eigenvalue weighted by atomic mass is 16.5. The number of benzene rings is 1. The summed E-state index contributed by atoms with van der Waals surface area (Å²) in [6.07, 6.45) is 8.12. The SMILES string of the molecule is CC(C)OC(=O)CCC/C=C\C[C@@H]1[C@@H](/C=C/C(O)COc2ccccc2)[C@H](O)C[C@H]1O. The van der Waals surface area contributed by atoms with Gasteiger partial charge >= 0.3 is 5.97 Å². The van der Waals surface area contributed by atoms with Gasteiger partial charge in [0.2, 0.25) is 0 Å². The molecule has 0 spiro atoms. The van der Waals surface area contributed by atoms with Crippen LogP contribution in [0, 0.1) is 11.8 Å². The molecule has 0 amide bonds. The molecule has 1 fully saturated rings. The van der Waals surface area contributed by atoms with Crippen molar-refractivity contribution in [2.75, 3.05) is 6.61 Å². The van der Waals surface area contributed by atoms with E-state index in [9.17, 15) is 20.1 Å². The molecule has 6 nitrogen and oxygen atoms in total. The molecule has 1 unspecified atom stereocenters. The van der Waals surface area contributed by atoms with Gasteiger partial charge in [-0.1, -0.05) is 42.5 Å². The van der Waals surface area contributed by atoms with E-state index in [1.165, 1.54) is 0 Å². The van der Waals surface area contributed by atoms with Gasteiger partial charge in [0, 0.05) is 18.8 Å². The summed E-state index contributed by atoms with van der Waals surface area (Å²) in [5, 5.41) is 30.8. The van der Waals surface area contributed by atoms with Crippen LogP contribution in [-0.4, -0.2) is 52.3 Å². The van der Waals surface area contributed by atoms with Crippen LogP contribution in [0.3, 0.4) is 0 Å². The molecule has 172 valence electrons. The van der Waals surface area contributed by atoms with Gasteiger partial charge in [-0.3, -0.25) is 4.79 Å². The highest BCUT2D eigenvalue weighted by Gasteiger charge is 2.39. The van der Waals surface area contributed by atoms with Gasteiger partial charge in [0.25, 0.3) is 0 Å². The zero-order valence-electron chi connectivity index (χ0n) is 18.5. The number of rotatable bonds is 12. The molecule has 1 aromatic rings. The van der Waals surface area contributed by atoms with E-state index in [0.717, 1.165) is 12.8 Å². The summed E-state index contributed by atoms with van der Waals surface area (Å²) in [7, 11) is 0. The first-order valence-corrected chi connectivity index (χ1v) is 11.1. The minimum Gasteiger partial charge on any atom is -0.491 e. The van der Waals surface area contributed by atoms with Gasteiger partial charge in [0.15, 0.2) is 0 Å². The zero-order chi connectivity index (χ0) is 22.6. The molecule has 1 aromatic carbocycles. The molecule has 5 atom stereocenters. The Bertz CT molecular complexity index is 699. The Labute approximate surface area is 185 Å². The van der Waals surface area contributed by atoms with Gasteiger partial charge < -0.3 is 24.8 Å². The van der Waals surface area contributed by atoms with Gasteiger partial charge in [-0.25, -0.2) is 0 Å². The van der Waals surface area contributed by atoms with Gasteiger partial charge in [-0.2, -0.15) is 0 Å². The molecular formula is C25H36O6. The molecule has 0 bridgehead atoms. The second kappa shape index (κ2) is 13.3. The number of aliphatic hydroxyl groups is 3. The third-order valence-electron chi connectivity index (χ3n) is 5.33. The molecule has 3 N–H and O–H groups in total. The lowest BCUT2D eigenvalue weighted by Crippen LogP contribution is -2.21. The maximum atomic E-state index is 11.5. The summed E-state index contributed by atoms with van der Waals surface area (Å²) in [5.41, 5.74) is 0.